The Morgan fingerprint density at radius 1 is 1.03 bits per heavy atom. The molecular formula is C25H34N6O3. The molecule has 0 radical (unpaired) electrons. The zero-order valence-corrected chi connectivity index (χ0v) is 19.8. The Labute approximate surface area is 200 Å². The van der Waals surface area contributed by atoms with Gasteiger partial charge in [0.1, 0.15) is 19.0 Å². The molecule has 1 aliphatic carbocycles. The van der Waals surface area contributed by atoms with Crippen LogP contribution in [0.15, 0.2) is 36.4 Å². The van der Waals surface area contributed by atoms with Crippen molar-refractivity contribution in [1.82, 2.24) is 20.2 Å². The maximum absolute atomic E-state index is 12.6. The molecule has 0 bridgehead atoms. The highest BCUT2D eigenvalue weighted by atomic mass is 16.5. The zero-order chi connectivity index (χ0) is 23.8. The number of aryl methyl sites for hydroxylation is 1. The van der Waals surface area contributed by atoms with Gasteiger partial charge in [0.15, 0.2) is 0 Å². The first-order valence-electron chi connectivity index (χ1n) is 12.2. The number of nitrogens with one attached hydrogen (secondary N) is 2. The molecule has 1 aromatic carbocycles. The van der Waals surface area contributed by atoms with Crippen LogP contribution in [0.5, 0.6) is 0 Å². The number of ether oxygens (including phenoxy) is 1. The first-order chi connectivity index (χ1) is 16.6. The first-order valence-corrected chi connectivity index (χ1v) is 12.2. The molecule has 0 spiro atoms. The van der Waals surface area contributed by atoms with Crippen LogP contribution in [-0.4, -0.2) is 65.6 Å². The normalized spacial score (nSPS) is 16.7. The standard InChI is InChI=1S/C25H34N6O3/c1-19-16-22(29-24(27-19)28-21-10-6-3-7-11-21)30-12-14-31(15-13-30)23(32)17-26-25(33)34-18-20-8-4-2-5-9-20/h2,4-5,8-9,16,21H,3,6-7,10-15,17-18H2,1H3,(H,26,33)(H,27,28,29). The third-order valence-corrected chi connectivity index (χ3v) is 6.33. The maximum Gasteiger partial charge on any atom is 0.407 e. The quantitative estimate of drug-likeness (QED) is 0.647. The third-order valence-electron chi connectivity index (χ3n) is 6.33. The predicted octanol–water partition coefficient (Wildman–Crippen LogP) is 3.10. The number of nitrogens with zero attached hydrogens (tertiary/aromatic N) is 4. The Morgan fingerprint density at radius 3 is 2.50 bits per heavy atom. The topological polar surface area (TPSA) is 99.7 Å². The number of hydrogen-bond donors (Lipinski definition) is 2. The van der Waals surface area contributed by atoms with Gasteiger partial charge in [-0.15, -0.1) is 0 Å². The molecule has 9 heteroatoms. The van der Waals surface area contributed by atoms with E-state index in [0.29, 0.717) is 38.2 Å². The minimum atomic E-state index is -0.592. The molecule has 2 N–H and O–H groups in total. The summed E-state index contributed by atoms with van der Waals surface area (Å²) in [6.45, 7) is 4.61. The molecule has 4 rings (SSSR count). The van der Waals surface area contributed by atoms with Gasteiger partial charge in [0.25, 0.3) is 0 Å². The number of piperazine rings is 1. The van der Waals surface area contributed by atoms with Crippen LogP contribution in [0.25, 0.3) is 0 Å². The van der Waals surface area contributed by atoms with Gasteiger partial charge in [0, 0.05) is 44.0 Å². The van der Waals surface area contributed by atoms with Crippen molar-refractivity contribution in [3.05, 3.63) is 47.7 Å². The summed E-state index contributed by atoms with van der Waals surface area (Å²) in [6.07, 6.45) is 5.57. The van der Waals surface area contributed by atoms with Crippen LogP contribution < -0.4 is 15.5 Å². The van der Waals surface area contributed by atoms with Crippen molar-refractivity contribution in [2.24, 2.45) is 0 Å². The zero-order valence-electron chi connectivity index (χ0n) is 19.8. The summed E-state index contributed by atoms with van der Waals surface area (Å²) in [5.41, 5.74) is 1.83. The van der Waals surface area contributed by atoms with Crippen molar-refractivity contribution in [2.45, 2.75) is 51.7 Å². The molecule has 0 unspecified atom stereocenters. The highest BCUT2D eigenvalue weighted by Gasteiger charge is 2.23. The lowest BCUT2D eigenvalue weighted by atomic mass is 9.96. The summed E-state index contributed by atoms with van der Waals surface area (Å²) < 4.78 is 5.17. The van der Waals surface area contributed by atoms with Gasteiger partial charge in [-0.25, -0.2) is 9.78 Å². The highest BCUT2D eigenvalue weighted by Crippen LogP contribution is 2.22. The number of alkyl carbamates (subject to hydrolysis) is 1. The number of amides is 2. The molecule has 0 atom stereocenters. The van der Waals surface area contributed by atoms with E-state index < -0.39 is 6.09 Å². The molecule has 2 heterocycles. The highest BCUT2D eigenvalue weighted by molar-refractivity contribution is 5.82. The van der Waals surface area contributed by atoms with Gasteiger partial charge in [-0.3, -0.25) is 4.79 Å². The minimum Gasteiger partial charge on any atom is -0.445 e. The predicted molar refractivity (Wildman–Crippen MR) is 131 cm³/mol. The molecule has 182 valence electrons. The Balaban J connectivity index is 1.22. The molecule has 34 heavy (non-hydrogen) atoms. The second kappa shape index (κ2) is 11.7. The first kappa shape index (κ1) is 23.8. The van der Waals surface area contributed by atoms with E-state index in [1.165, 1.54) is 32.1 Å². The lowest BCUT2D eigenvalue weighted by Gasteiger charge is -2.35. The third kappa shape index (κ3) is 6.82. The smallest absolute Gasteiger partial charge is 0.407 e. The summed E-state index contributed by atoms with van der Waals surface area (Å²) in [5, 5.41) is 6.06. The molecule has 2 aromatic rings. The fourth-order valence-electron chi connectivity index (χ4n) is 4.43. The van der Waals surface area contributed by atoms with E-state index in [4.69, 9.17) is 9.72 Å². The van der Waals surface area contributed by atoms with Gasteiger partial charge in [0.05, 0.1) is 0 Å². The van der Waals surface area contributed by atoms with Crippen molar-refractivity contribution in [3.63, 3.8) is 0 Å². The molecule has 2 fully saturated rings. The van der Waals surface area contributed by atoms with Crippen LogP contribution in [-0.2, 0) is 16.1 Å². The second-order valence-corrected chi connectivity index (χ2v) is 8.95. The van der Waals surface area contributed by atoms with Crippen molar-refractivity contribution in [3.8, 4) is 0 Å². The molecule has 1 aliphatic heterocycles. The van der Waals surface area contributed by atoms with E-state index in [9.17, 15) is 9.59 Å². The van der Waals surface area contributed by atoms with E-state index in [2.05, 4.69) is 20.5 Å². The summed E-state index contributed by atoms with van der Waals surface area (Å²) in [5.74, 6) is 1.47. The summed E-state index contributed by atoms with van der Waals surface area (Å²) >= 11 is 0. The summed E-state index contributed by atoms with van der Waals surface area (Å²) in [4.78, 5) is 37.7. The minimum absolute atomic E-state index is 0.0737. The van der Waals surface area contributed by atoms with E-state index in [-0.39, 0.29) is 19.1 Å². The van der Waals surface area contributed by atoms with Crippen LogP contribution >= 0.6 is 0 Å². The fraction of sp³-hybridized carbons (Fsp3) is 0.520. The average molecular weight is 467 g/mol. The molecule has 2 amide bonds. The number of rotatable bonds is 7. The molecule has 2 aliphatic rings. The maximum atomic E-state index is 12.6. The Bertz CT molecular complexity index is 956. The lowest BCUT2D eigenvalue weighted by molar-refractivity contribution is -0.130. The second-order valence-electron chi connectivity index (χ2n) is 8.95. The van der Waals surface area contributed by atoms with Crippen molar-refractivity contribution in [2.75, 3.05) is 42.9 Å². The van der Waals surface area contributed by atoms with E-state index in [0.717, 1.165) is 17.1 Å². The number of hydrogen-bond acceptors (Lipinski definition) is 7. The lowest BCUT2D eigenvalue weighted by Crippen LogP contribution is -2.51. The van der Waals surface area contributed by atoms with Crippen molar-refractivity contribution < 1.29 is 14.3 Å². The van der Waals surface area contributed by atoms with Crippen LogP contribution in [0.3, 0.4) is 0 Å². The van der Waals surface area contributed by atoms with Crippen LogP contribution in [0.4, 0.5) is 16.6 Å². The Hall–Kier alpha value is -3.36. The Kier molecular flexibility index (Phi) is 8.17. The largest absolute Gasteiger partial charge is 0.445 e. The monoisotopic (exact) mass is 466 g/mol. The summed E-state index contributed by atoms with van der Waals surface area (Å²) in [7, 11) is 0. The van der Waals surface area contributed by atoms with Crippen LogP contribution in [0, 0.1) is 6.92 Å². The molecule has 9 nitrogen and oxygen atoms in total. The van der Waals surface area contributed by atoms with Crippen LogP contribution in [0.2, 0.25) is 0 Å². The van der Waals surface area contributed by atoms with Gasteiger partial charge in [-0.2, -0.15) is 4.98 Å². The average Bonchev–Trinajstić information content (AvgIpc) is 2.87. The van der Waals surface area contributed by atoms with Gasteiger partial charge in [-0.05, 0) is 25.3 Å². The number of anilines is 2. The molecule has 1 saturated carbocycles. The number of aromatic nitrogens is 2. The van der Waals surface area contributed by atoms with E-state index in [1.54, 1.807) is 4.90 Å². The van der Waals surface area contributed by atoms with Crippen molar-refractivity contribution in [1.29, 1.82) is 0 Å². The molecule has 1 saturated heterocycles. The number of carbonyl (C=O) groups is 2. The fourth-order valence-corrected chi connectivity index (χ4v) is 4.43. The Morgan fingerprint density at radius 2 is 1.76 bits per heavy atom. The van der Waals surface area contributed by atoms with Gasteiger partial charge in [0.2, 0.25) is 11.9 Å². The molecule has 1 aromatic heterocycles. The number of benzene rings is 1. The SMILES string of the molecule is Cc1cc(N2CCN(C(=O)CNC(=O)OCc3ccccc3)CC2)nc(NC2CCCCC2)n1. The van der Waals surface area contributed by atoms with E-state index in [1.807, 2.05) is 43.3 Å². The van der Waals surface area contributed by atoms with Crippen molar-refractivity contribution >= 4 is 23.8 Å². The van der Waals surface area contributed by atoms with E-state index >= 15 is 0 Å². The van der Waals surface area contributed by atoms with Gasteiger partial charge < -0.3 is 25.2 Å². The molecular weight excluding hydrogens is 432 g/mol. The van der Waals surface area contributed by atoms with Gasteiger partial charge in [-0.1, -0.05) is 49.6 Å². The van der Waals surface area contributed by atoms with Crippen LogP contribution in [0.1, 0.15) is 43.4 Å². The number of carbonyl (C=O) groups excluding carboxylic acids is 2. The summed E-state index contributed by atoms with van der Waals surface area (Å²) in [6, 6.07) is 11.9. The van der Waals surface area contributed by atoms with Gasteiger partial charge >= 0.3 is 6.09 Å².